The van der Waals surface area contributed by atoms with Gasteiger partial charge in [-0.2, -0.15) is 0 Å². The van der Waals surface area contributed by atoms with Crippen molar-refractivity contribution in [2.24, 2.45) is 11.8 Å². The number of carbonyl (C=O) groups excluding carboxylic acids is 1. The zero-order chi connectivity index (χ0) is 15.6. The Hall–Kier alpha value is -1.63. The molecule has 1 aromatic carbocycles. The molecule has 0 unspecified atom stereocenters. The molecule has 0 amide bonds. The second-order valence-corrected chi connectivity index (χ2v) is 6.62. The summed E-state index contributed by atoms with van der Waals surface area (Å²) in [6.45, 7) is 1.19. The Labute approximate surface area is 133 Å². The van der Waals surface area contributed by atoms with E-state index in [1.807, 2.05) is 0 Å². The summed E-state index contributed by atoms with van der Waals surface area (Å²) in [5.41, 5.74) is 0.248. The summed E-state index contributed by atoms with van der Waals surface area (Å²) in [7, 11) is 1.60. The summed E-state index contributed by atoms with van der Waals surface area (Å²) in [5, 5.41) is 0. The Morgan fingerprint density at radius 1 is 1.26 bits per heavy atom. The third-order valence-electron chi connectivity index (χ3n) is 5.59. The monoisotopic (exact) mass is 318 g/mol. The summed E-state index contributed by atoms with van der Waals surface area (Å²) in [6.07, 6.45) is 0.423. The van der Waals surface area contributed by atoms with Crippen LogP contribution in [0.4, 0.5) is 0 Å². The molecule has 6 atom stereocenters. The van der Waals surface area contributed by atoms with Crippen LogP contribution in [0.5, 0.6) is 5.75 Å². The fourth-order valence-corrected chi connectivity index (χ4v) is 4.45. The number of carbonyl (C=O) groups is 1. The minimum Gasteiger partial charge on any atom is -0.497 e. The third kappa shape index (κ3) is 1.83. The lowest BCUT2D eigenvalue weighted by molar-refractivity contribution is -0.179. The first-order valence-electron chi connectivity index (χ1n) is 7.99. The molecule has 4 aliphatic rings. The lowest BCUT2D eigenvalue weighted by Crippen LogP contribution is -2.41. The molecule has 0 N–H and O–H groups in total. The number of epoxide rings is 1. The predicted octanol–water partition coefficient (Wildman–Crippen LogP) is 1.38. The van der Waals surface area contributed by atoms with Crippen molar-refractivity contribution in [3.8, 4) is 5.75 Å². The van der Waals surface area contributed by atoms with Crippen molar-refractivity contribution < 1.29 is 28.5 Å². The van der Waals surface area contributed by atoms with Crippen LogP contribution in [-0.2, 0) is 18.9 Å². The second-order valence-electron chi connectivity index (χ2n) is 6.62. The molecule has 122 valence electrons. The Bertz CT molecular complexity index is 643. The molecule has 0 bridgehead atoms. The fourth-order valence-electron chi connectivity index (χ4n) is 4.45. The molecule has 5 rings (SSSR count). The number of esters is 1. The van der Waals surface area contributed by atoms with Crippen molar-refractivity contribution in [1.29, 1.82) is 0 Å². The number of benzene rings is 1. The number of ether oxygens (including phenoxy) is 5. The van der Waals surface area contributed by atoms with Crippen molar-refractivity contribution >= 4 is 5.97 Å². The summed E-state index contributed by atoms with van der Waals surface area (Å²) in [6, 6.07) is 6.95. The molecule has 0 radical (unpaired) electrons. The molecule has 3 saturated heterocycles. The van der Waals surface area contributed by atoms with Crippen LogP contribution < -0.4 is 4.74 Å². The van der Waals surface area contributed by atoms with E-state index in [4.69, 9.17) is 23.7 Å². The lowest BCUT2D eigenvalue weighted by atomic mass is 9.85. The first-order chi connectivity index (χ1) is 11.2. The normalized spacial score (nSPS) is 42.7. The number of hydrogen-bond donors (Lipinski definition) is 0. The standard InChI is InChI=1S/C17H18O6/c1-19-10-4-2-9(3-5-10)15(18)22-13-11-6-7-20-16-12(11)17(8-21-16)14(13)23-17/h2-5,11-14,16H,6-8H2,1H3/t11-,12-,13+,14+,16+,17-/m1/s1. The Morgan fingerprint density at radius 2 is 2.09 bits per heavy atom. The Kier molecular flexibility index (Phi) is 2.81. The molecule has 0 aromatic heterocycles. The zero-order valence-electron chi connectivity index (χ0n) is 12.8. The minimum atomic E-state index is -0.313. The molecular weight excluding hydrogens is 300 g/mol. The molecule has 1 aliphatic carbocycles. The first kappa shape index (κ1) is 13.8. The first-order valence-corrected chi connectivity index (χ1v) is 7.99. The van der Waals surface area contributed by atoms with Crippen LogP contribution in [0.1, 0.15) is 16.8 Å². The van der Waals surface area contributed by atoms with Crippen LogP contribution in [0.15, 0.2) is 24.3 Å². The van der Waals surface area contributed by atoms with Gasteiger partial charge in [0.15, 0.2) is 6.29 Å². The smallest absolute Gasteiger partial charge is 0.338 e. The minimum absolute atomic E-state index is 0.0496. The van der Waals surface area contributed by atoms with Gasteiger partial charge in [0.05, 0.1) is 31.8 Å². The molecular formula is C17H18O6. The molecule has 1 aromatic rings. The summed E-state index contributed by atoms with van der Waals surface area (Å²) >= 11 is 0. The zero-order valence-corrected chi connectivity index (χ0v) is 12.8. The van der Waals surface area contributed by atoms with Crippen molar-refractivity contribution in [2.45, 2.75) is 30.5 Å². The molecule has 3 aliphatic heterocycles. The van der Waals surface area contributed by atoms with E-state index in [0.29, 0.717) is 24.5 Å². The van der Waals surface area contributed by atoms with Crippen LogP contribution in [0.25, 0.3) is 0 Å². The van der Waals surface area contributed by atoms with E-state index >= 15 is 0 Å². The van der Waals surface area contributed by atoms with Gasteiger partial charge in [-0.25, -0.2) is 4.79 Å². The predicted molar refractivity (Wildman–Crippen MR) is 77.1 cm³/mol. The van der Waals surface area contributed by atoms with Crippen LogP contribution in [0.2, 0.25) is 0 Å². The van der Waals surface area contributed by atoms with Gasteiger partial charge in [0, 0.05) is 5.92 Å². The van der Waals surface area contributed by atoms with Gasteiger partial charge in [-0.3, -0.25) is 0 Å². The van der Waals surface area contributed by atoms with E-state index in [1.165, 1.54) is 0 Å². The molecule has 4 fully saturated rings. The highest BCUT2D eigenvalue weighted by molar-refractivity contribution is 5.89. The summed E-state index contributed by atoms with van der Waals surface area (Å²) < 4.78 is 28.2. The van der Waals surface area contributed by atoms with Gasteiger partial charge >= 0.3 is 5.97 Å². The highest BCUT2D eigenvalue weighted by atomic mass is 16.7. The average molecular weight is 318 g/mol. The van der Waals surface area contributed by atoms with Crippen LogP contribution in [0, 0.1) is 11.8 Å². The third-order valence-corrected chi connectivity index (χ3v) is 5.59. The summed E-state index contributed by atoms with van der Waals surface area (Å²) in [5.74, 6) is 0.852. The highest BCUT2D eigenvalue weighted by Gasteiger charge is 2.80. The molecule has 3 heterocycles. The second kappa shape index (κ2) is 4.69. The topological polar surface area (TPSA) is 66.5 Å². The van der Waals surface area contributed by atoms with Crippen LogP contribution in [0.3, 0.4) is 0 Å². The molecule has 1 spiro atoms. The van der Waals surface area contributed by atoms with Gasteiger partial charge in [0.25, 0.3) is 0 Å². The fraction of sp³-hybridized carbons (Fsp3) is 0.588. The number of methoxy groups -OCH3 is 1. The molecule has 6 heteroatoms. The van der Waals surface area contributed by atoms with Crippen LogP contribution >= 0.6 is 0 Å². The summed E-state index contributed by atoms with van der Waals surface area (Å²) in [4.78, 5) is 12.5. The van der Waals surface area contributed by atoms with E-state index in [0.717, 1.165) is 6.42 Å². The van der Waals surface area contributed by atoms with E-state index < -0.39 is 0 Å². The van der Waals surface area contributed by atoms with Gasteiger partial charge in [0.2, 0.25) is 0 Å². The van der Waals surface area contributed by atoms with E-state index in [2.05, 4.69) is 0 Å². The lowest BCUT2D eigenvalue weighted by Gasteiger charge is -2.34. The van der Waals surface area contributed by atoms with E-state index in [9.17, 15) is 4.79 Å². The maximum absolute atomic E-state index is 12.5. The Morgan fingerprint density at radius 3 is 2.87 bits per heavy atom. The quantitative estimate of drug-likeness (QED) is 0.620. The molecule has 23 heavy (non-hydrogen) atoms. The highest BCUT2D eigenvalue weighted by Crippen LogP contribution is 2.64. The van der Waals surface area contributed by atoms with Crippen molar-refractivity contribution in [2.75, 3.05) is 20.3 Å². The Balaban J connectivity index is 1.35. The van der Waals surface area contributed by atoms with Crippen LogP contribution in [-0.4, -0.2) is 50.4 Å². The van der Waals surface area contributed by atoms with Crippen molar-refractivity contribution in [3.63, 3.8) is 0 Å². The largest absolute Gasteiger partial charge is 0.497 e. The maximum Gasteiger partial charge on any atom is 0.338 e. The maximum atomic E-state index is 12.5. The van der Waals surface area contributed by atoms with E-state index in [1.54, 1.807) is 31.4 Å². The average Bonchev–Trinajstić information content (AvgIpc) is 3.10. The van der Waals surface area contributed by atoms with Gasteiger partial charge in [-0.1, -0.05) is 0 Å². The number of hydrogen-bond acceptors (Lipinski definition) is 6. The van der Waals surface area contributed by atoms with Gasteiger partial charge < -0.3 is 23.7 Å². The SMILES string of the molecule is COc1ccc(C(=O)O[C@H]2[C@@H]3CCO[C@H]4OC[C@@]5(O[C@@H]25)[C@@H]43)cc1. The molecule has 6 nitrogen and oxygen atoms in total. The van der Waals surface area contributed by atoms with Crippen molar-refractivity contribution in [1.82, 2.24) is 0 Å². The number of rotatable bonds is 3. The van der Waals surface area contributed by atoms with Crippen molar-refractivity contribution in [3.05, 3.63) is 29.8 Å². The molecule has 1 saturated carbocycles. The van der Waals surface area contributed by atoms with E-state index in [-0.39, 0.29) is 41.9 Å². The van der Waals surface area contributed by atoms with Gasteiger partial charge in [-0.15, -0.1) is 0 Å². The van der Waals surface area contributed by atoms with Gasteiger partial charge in [-0.05, 0) is 30.7 Å². The van der Waals surface area contributed by atoms with Gasteiger partial charge in [0.1, 0.15) is 23.6 Å².